The van der Waals surface area contributed by atoms with Crippen molar-refractivity contribution in [1.29, 1.82) is 0 Å². The van der Waals surface area contributed by atoms with E-state index in [0.717, 1.165) is 12.5 Å². The molecule has 1 aromatic carbocycles. The van der Waals surface area contributed by atoms with Gasteiger partial charge in [-0.3, -0.25) is 4.90 Å². The maximum Gasteiger partial charge on any atom is 0.213 e. The Morgan fingerprint density at radius 3 is 2.60 bits per heavy atom. The van der Waals surface area contributed by atoms with Gasteiger partial charge in [0.1, 0.15) is 12.4 Å². The lowest BCUT2D eigenvalue weighted by Crippen LogP contribution is -2.62. The highest BCUT2D eigenvalue weighted by molar-refractivity contribution is 5.22. The van der Waals surface area contributed by atoms with Crippen LogP contribution in [0.3, 0.4) is 0 Å². The Hall–Kier alpha value is -1.94. The molecule has 132 valence electrons. The minimum atomic E-state index is -0.333. The Morgan fingerprint density at radius 2 is 1.92 bits per heavy atom. The van der Waals surface area contributed by atoms with Crippen molar-refractivity contribution in [2.75, 3.05) is 6.61 Å². The van der Waals surface area contributed by atoms with Crippen LogP contribution in [0.15, 0.2) is 42.6 Å². The SMILES string of the molecule is Cc1ccc(CN2C3CC(C3)[C@@H](C)[C@H]2COc2ccc(F)cn2)cc1. The van der Waals surface area contributed by atoms with Crippen LogP contribution >= 0.6 is 0 Å². The minimum absolute atomic E-state index is 0.333. The molecule has 2 saturated heterocycles. The van der Waals surface area contributed by atoms with E-state index in [1.54, 1.807) is 6.07 Å². The second-order valence-corrected chi connectivity index (χ2v) is 7.60. The topological polar surface area (TPSA) is 25.4 Å². The molecule has 1 saturated carbocycles. The van der Waals surface area contributed by atoms with Gasteiger partial charge in [-0.15, -0.1) is 0 Å². The van der Waals surface area contributed by atoms with Gasteiger partial charge in [0.25, 0.3) is 0 Å². The van der Waals surface area contributed by atoms with Crippen LogP contribution in [0.2, 0.25) is 0 Å². The van der Waals surface area contributed by atoms with E-state index in [9.17, 15) is 4.39 Å². The maximum absolute atomic E-state index is 13.0. The molecule has 3 nitrogen and oxygen atoms in total. The van der Waals surface area contributed by atoms with E-state index in [2.05, 4.69) is 48.0 Å². The number of aromatic nitrogens is 1. The molecule has 2 aliphatic heterocycles. The Bertz CT molecular complexity index is 710. The number of nitrogens with zero attached hydrogens (tertiary/aromatic N) is 2. The summed E-state index contributed by atoms with van der Waals surface area (Å²) >= 11 is 0. The number of benzene rings is 1. The van der Waals surface area contributed by atoms with E-state index >= 15 is 0 Å². The average Bonchev–Trinajstić information content (AvgIpc) is 2.56. The predicted molar refractivity (Wildman–Crippen MR) is 95.9 cm³/mol. The first-order valence-electron chi connectivity index (χ1n) is 9.16. The average molecular weight is 340 g/mol. The van der Waals surface area contributed by atoms with Gasteiger partial charge in [-0.25, -0.2) is 9.37 Å². The quantitative estimate of drug-likeness (QED) is 0.815. The summed E-state index contributed by atoms with van der Waals surface area (Å²) < 4.78 is 18.9. The summed E-state index contributed by atoms with van der Waals surface area (Å²) in [6.07, 6.45) is 3.82. The number of ether oxygens (including phenoxy) is 1. The Balaban J connectivity index is 1.46. The molecule has 25 heavy (non-hydrogen) atoms. The van der Waals surface area contributed by atoms with E-state index in [4.69, 9.17) is 4.74 Å². The molecule has 2 bridgehead atoms. The van der Waals surface area contributed by atoms with Crippen LogP contribution < -0.4 is 4.74 Å². The zero-order valence-electron chi connectivity index (χ0n) is 14.9. The molecule has 2 aromatic rings. The Labute approximate surface area is 148 Å². The van der Waals surface area contributed by atoms with Crippen LogP contribution in [-0.4, -0.2) is 28.6 Å². The molecule has 3 aliphatic rings. The number of halogens is 1. The molecule has 5 rings (SSSR count). The predicted octanol–water partition coefficient (Wildman–Crippen LogP) is 4.21. The van der Waals surface area contributed by atoms with Crippen LogP contribution in [0.4, 0.5) is 4.39 Å². The molecular formula is C21H25FN2O. The molecule has 2 atom stereocenters. The fraction of sp³-hybridized carbons (Fsp3) is 0.476. The van der Waals surface area contributed by atoms with Crippen molar-refractivity contribution in [3.63, 3.8) is 0 Å². The van der Waals surface area contributed by atoms with Crippen LogP contribution in [0.5, 0.6) is 5.88 Å². The van der Waals surface area contributed by atoms with E-state index in [1.807, 2.05) is 0 Å². The second kappa shape index (κ2) is 6.75. The number of rotatable bonds is 5. The number of hydrogen-bond donors (Lipinski definition) is 0. The molecule has 0 N–H and O–H groups in total. The highest BCUT2D eigenvalue weighted by Crippen LogP contribution is 2.46. The molecule has 0 spiro atoms. The summed E-state index contributed by atoms with van der Waals surface area (Å²) in [5, 5.41) is 0. The van der Waals surface area contributed by atoms with Crippen LogP contribution in [0, 0.1) is 24.6 Å². The molecule has 3 heterocycles. The summed E-state index contributed by atoms with van der Waals surface area (Å²) in [6.45, 7) is 6.04. The van der Waals surface area contributed by atoms with Crippen molar-refractivity contribution >= 4 is 0 Å². The van der Waals surface area contributed by atoms with Crippen LogP contribution in [-0.2, 0) is 6.54 Å². The van der Waals surface area contributed by atoms with Crippen LogP contribution in [0.1, 0.15) is 30.9 Å². The first kappa shape index (κ1) is 16.5. The lowest BCUT2D eigenvalue weighted by Gasteiger charge is -2.57. The molecule has 4 heteroatoms. The van der Waals surface area contributed by atoms with Crippen molar-refractivity contribution in [3.8, 4) is 5.88 Å². The lowest BCUT2D eigenvalue weighted by molar-refractivity contribution is -0.0926. The van der Waals surface area contributed by atoms with Gasteiger partial charge in [0.2, 0.25) is 5.88 Å². The maximum atomic E-state index is 13.0. The van der Waals surface area contributed by atoms with Crippen molar-refractivity contribution < 1.29 is 9.13 Å². The van der Waals surface area contributed by atoms with Gasteiger partial charge in [0, 0.05) is 24.7 Å². The number of hydrogen-bond acceptors (Lipinski definition) is 3. The molecular weight excluding hydrogens is 315 g/mol. The fourth-order valence-corrected chi connectivity index (χ4v) is 4.23. The number of fused-ring (bicyclic) bond motifs is 2. The largest absolute Gasteiger partial charge is 0.476 e. The molecule has 0 radical (unpaired) electrons. The first-order valence-corrected chi connectivity index (χ1v) is 9.16. The lowest BCUT2D eigenvalue weighted by atomic mass is 9.65. The fourth-order valence-electron chi connectivity index (χ4n) is 4.23. The summed E-state index contributed by atoms with van der Waals surface area (Å²) in [5.74, 6) is 1.59. The highest BCUT2D eigenvalue weighted by Gasteiger charge is 2.48. The van der Waals surface area contributed by atoms with Gasteiger partial charge < -0.3 is 4.74 Å². The summed E-state index contributed by atoms with van der Waals surface area (Å²) in [6, 6.07) is 12.9. The van der Waals surface area contributed by atoms with Gasteiger partial charge in [-0.2, -0.15) is 0 Å². The minimum Gasteiger partial charge on any atom is -0.476 e. The van der Waals surface area contributed by atoms with Gasteiger partial charge in [0.05, 0.1) is 6.20 Å². The number of pyridine rings is 1. The molecule has 1 aromatic heterocycles. The Kier molecular flexibility index (Phi) is 4.46. The molecule has 0 amide bonds. The van der Waals surface area contributed by atoms with Crippen molar-refractivity contribution in [2.45, 2.75) is 45.3 Å². The molecule has 3 fully saturated rings. The monoisotopic (exact) mass is 340 g/mol. The first-order chi connectivity index (χ1) is 12.1. The molecule has 1 aliphatic carbocycles. The van der Waals surface area contributed by atoms with Gasteiger partial charge in [-0.1, -0.05) is 36.8 Å². The van der Waals surface area contributed by atoms with E-state index < -0.39 is 0 Å². The Morgan fingerprint density at radius 1 is 1.16 bits per heavy atom. The van der Waals surface area contributed by atoms with E-state index in [-0.39, 0.29) is 5.82 Å². The number of aryl methyl sites for hydroxylation is 1. The third-order valence-electron chi connectivity index (χ3n) is 5.98. The summed E-state index contributed by atoms with van der Waals surface area (Å²) in [4.78, 5) is 6.63. The summed E-state index contributed by atoms with van der Waals surface area (Å²) in [5.41, 5.74) is 2.65. The van der Waals surface area contributed by atoms with E-state index in [0.29, 0.717) is 30.5 Å². The van der Waals surface area contributed by atoms with Crippen molar-refractivity contribution in [3.05, 3.63) is 59.5 Å². The second-order valence-electron chi connectivity index (χ2n) is 7.60. The van der Waals surface area contributed by atoms with Crippen molar-refractivity contribution in [2.24, 2.45) is 11.8 Å². The molecule has 0 unspecified atom stereocenters. The van der Waals surface area contributed by atoms with Gasteiger partial charge >= 0.3 is 0 Å². The van der Waals surface area contributed by atoms with Crippen molar-refractivity contribution in [1.82, 2.24) is 9.88 Å². The zero-order chi connectivity index (χ0) is 17.4. The zero-order valence-corrected chi connectivity index (χ0v) is 14.9. The smallest absolute Gasteiger partial charge is 0.213 e. The van der Waals surface area contributed by atoms with Gasteiger partial charge in [0.15, 0.2) is 0 Å². The third-order valence-corrected chi connectivity index (χ3v) is 5.98. The standard InChI is InChI=1S/C21H25FN2O/c1-14-3-5-16(6-4-14)12-24-19-9-17(10-19)15(2)20(24)13-25-21-8-7-18(22)11-23-21/h3-8,11,15,17,19-20H,9-10,12-13H2,1-2H3/t15-,17?,19?,20-/m1/s1. The highest BCUT2D eigenvalue weighted by atomic mass is 19.1. The third kappa shape index (κ3) is 3.40. The van der Waals surface area contributed by atoms with E-state index in [1.165, 1.54) is 36.2 Å². The van der Waals surface area contributed by atoms with Gasteiger partial charge in [-0.05, 0) is 43.2 Å². The number of piperidine rings is 2. The summed E-state index contributed by atoms with van der Waals surface area (Å²) in [7, 11) is 0. The normalized spacial score (nSPS) is 28.4. The van der Waals surface area contributed by atoms with Crippen LogP contribution in [0.25, 0.3) is 0 Å².